The number of para-hydroxylation sites is 1. The average Bonchev–Trinajstić information content (AvgIpc) is 3.26. The van der Waals surface area contributed by atoms with Crippen molar-refractivity contribution >= 4 is 17.7 Å². The summed E-state index contributed by atoms with van der Waals surface area (Å²) in [6.45, 7) is 2.86. The molecule has 0 saturated carbocycles. The summed E-state index contributed by atoms with van der Waals surface area (Å²) < 4.78 is 6.00. The van der Waals surface area contributed by atoms with E-state index in [1.54, 1.807) is 0 Å². The Morgan fingerprint density at radius 1 is 1.00 bits per heavy atom. The molecule has 4 rings (SSSR count). The van der Waals surface area contributed by atoms with Crippen LogP contribution in [0, 0.1) is 0 Å². The number of thioether (sulfide) groups is 1. The molecule has 0 N–H and O–H groups in total. The Bertz CT molecular complexity index is 945. The van der Waals surface area contributed by atoms with E-state index in [2.05, 4.69) is 31.2 Å². The van der Waals surface area contributed by atoms with Gasteiger partial charge in [0.25, 0.3) is 0 Å². The molecule has 0 aromatic heterocycles. The number of rotatable bonds is 6. The monoisotopic (exact) mass is 403 g/mol. The summed E-state index contributed by atoms with van der Waals surface area (Å²) in [4.78, 5) is 15.5. The number of carbonyl (C=O) groups is 1. The standard InChI is InChI=1S/C25H25NO2S/c1-2-23(19-10-5-3-6-11-19)24(27)26-16-17-29-25(26)20-12-9-15-22(18-20)28-21-13-7-4-8-14-21/h3-15,18,23,25H,2,16-17H2,1H3/t23-,25-/m1/s1. The molecule has 29 heavy (non-hydrogen) atoms. The molecule has 0 radical (unpaired) electrons. The first-order chi connectivity index (χ1) is 14.3. The fourth-order valence-corrected chi connectivity index (χ4v) is 5.02. The number of amides is 1. The summed E-state index contributed by atoms with van der Waals surface area (Å²) in [6, 6.07) is 28.0. The molecule has 0 aliphatic carbocycles. The predicted molar refractivity (Wildman–Crippen MR) is 119 cm³/mol. The number of hydrogen-bond donors (Lipinski definition) is 0. The van der Waals surface area contributed by atoms with Gasteiger partial charge in [-0.1, -0.05) is 67.6 Å². The number of ether oxygens (including phenoxy) is 1. The van der Waals surface area contributed by atoms with Crippen molar-refractivity contribution in [2.24, 2.45) is 0 Å². The lowest BCUT2D eigenvalue weighted by Crippen LogP contribution is -2.34. The summed E-state index contributed by atoms with van der Waals surface area (Å²) in [5.74, 6) is 2.67. The zero-order valence-corrected chi connectivity index (χ0v) is 17.3. The first kappa shape index (κ1) is 19.6. The third kappa shape index (κ3) is 4.48. The maximum atomic E-state index is 13.4. The minimum Gasteiger partial charge on any atom is -0.457 e. The van der Waals surface area contributed by atoms with E-state index in [0.29, 0.717) is 0 Å². The van der Waals surface area contributed by atoms with Gasteiger partial charge in [-0.2, -0.15) is 0 Å². The Morgan fingerprint density at radius 3 is 2.41 bits per heavy atom. The lowest BCUT2D eigenvalue weighted by Gasteiger charge is -2.28. The van der Waals surface area contributed by atoms with E-state index in [1.165, 1.54) is 0 Å². The van der Waals surface area contributed by atoms with Gasteiger partial charge in [0.05, 0.1) is 5.92 Å². The van der Waals surface area contributed by atoms with Crippen molar-refractivity contribution in [2.45, 2.75) is 24.6 Å². The molecule has 0 spiro atoms. The molecule has 1 fully saturated rings. The maximum absolute atomic E-state index is 13.4. The molecule has 4 heteroatoms. The lowest BCUT2D eigenvalue weighted by atomic mass is 9.95. The van der Waals surface area contributed by atoms with Crippen molar-refractivity contribution in [3.05, 3.63) is 96.1 Å². The van der Waals surface area contributed by atoms with Crippen molar-refractivity contribution in [3.63, 3.8) is 0 Å². The predicted octanol–water partition coefficient (Wildman–Crippen LogP) is 6.25. The summed E-state index contributed by atoms with van der Waals surface area (Å²) >= 11 is 1.82. The minimum absolute atomic E-state index is 0.0274. The second-order valence-electron chi connectivity index (χ2n) is 7.11. The van der Waals surface area contributed by atoms with Crippen LogP contribution in [0.4, 0.5) is 0 Å². The third-order valence-electron chi connectivity index (χ3n) is 5.20. The molecule has 3 nitrogen and oxygen atoms in total. The van der Waals surface area contributed by atoms with Gasteiger partial charge in [-0.05, 0) is 41.8 Å². The largest absolute Gasteiger partial charge is 0.457 e. The van der Waals surface area contributed by atoms with Gasteiger partial charge in [-0.15, -0.1) is 11.8 Å². The summed E-state index contributed by atoms with van der Waals surface area (Å²) in [5.41, 5.74) is 2.20. The van der Waals surface area contributed by atoms with Gasteiger partial charge >= 0.3 is 0 Å². The van der Waals surface area contributed by atoms with Crippen LogP contribution in [-0.2, 0) is 4.79 Å². The zero-order chi connectivity index (χ0) is 20.1. The van der Waals surface area contributed by atoms with Crippen LogP contribution in [0.15, 0.2) is 84.9 Å². The molecule has 1 heterocycles. The smallest absolute Gasteiger partial charge is 0.231 e. The summed E-state index contributed by atoms with van der Waals surface area (Å²) in [6.07, 6.45) is 0.799. The van der Waals surface area contributed by atoms with Crippen molar-refractivity contribution in [1.29, 1.82) is 0 Å². The Morgan fingerprint density at radius 2 is 1.69 bits per heavy atom. The first-order valence-electron chi connectivity index (χ1n) is 10.1. The highest BCUT2D eigenvalue weighted by atomic mass is 32.2. The molecular formula is C25H25NO2S. The van der Waals surface area contributed by atoms with Gasteiger partial charge in [-0.25, -0.2) is 0 Å². The van der Waals surface area contributed by atoms with Crippen LogP contribution in [0.5, 0.6) is 11.5 Å². The van der Waals surface area contributed by atoms with Crippen LogP contribution >= 0.6 is 11.8 Å². The molecule has 148 valence electrons. The normalized spacial score (nSPS) is 17.1. The molecular weight excluding hydrogens is 378 g/mol. The van der Waals surface area contributed by atoms with E-state index < -0.39 is 0 Å². The van der Waals surface area contributed by atoms with Crippen molar-refractivity contribution < 1.29 is 9.53 Å². The van der Waals surface area contributed by atoms with Crippen molar-refractivity contribution in [3.8, 4) is 11.5 Å². The molecule has 0 bridgehead atoms. The highest BCUT2D eigenvalue weighted by molar-refractivity contribution is 7.99. The Kier molecular flexibility index (Phi) is 6.20. The molecule has 1 amide bonds. The van der Waals surface area contributed by atoms with Crippen LogP contribution in [0.25, 0.3) is 0 Å². The molecule has 3 aromatic carbocycles. The Labute approximate surface area is 176 Å². The topological polar surface area (TPSA) is 29.5 Å². The minimum atomic E-state index is -0.0962. The molecule has 3 aromatic rings. The zero-order valence-electron chi connectivity index (χ0n) is 16.5. The van der Waals surface area contributed by atoms with Crippen LogP contribution < -0.4 is 4.74 Å². The molecule has 1 aliphatic heterocycles. The number of benzene rings is 3. The third-order valence-corrected chi connectivity index (χ3v) is 6.47. The highest BCUT2D eigenvalue weighted by Gasteiger charge is 2.34. The van der Waals surface area contributed by atoms with Gasteiger partial charge in [0.15, 0.2) is 0 Å². The van der Waals surface area contributed by atoms with E-state index in [-0.39, 0.29) is 17.2 Å². The fourth-order valence-electron chi connectivity index (χ4n) is 3.77. The van der Waals surface area contributed by atoms with Crippen LogP contribution in [-0.4, -0.2) is 23.1 Å². The Balaban J connectivity index is 1.55. The van der Waals surface area contributed by atoms with Crippen molar-refractivity contribution in [2.75, 3.05) is 12.3 Å². The Hall–Kier alpha value is -2.72. The van der Waals surface area contributed by atoms with Gasteiger partial charge in [0.2, 0.25) is 5.91 Å². The first-order valence-corrected chi connectivity index (χ1v) is 11.1. The average molecular weight is 404 g/mol. The summed E-state index contributed by atoms with van der Waals surface area (Å²) in [7, 11) is 0. The second-order valence-corrected chi connectivity index (χ2v) is 8.30. The number of carbonyl (C=O) groups excluding carboxylic acids is 1. The SMILES string of the molecule is CC[C@@H](C(=O)N1CCS[C@@H]1c1cccc(Oc2ccccc2)c1)c1ccccc1. The molecule has 1 saturated heterocycles. The number of nitrogens with zero attached hydrogens (tertiary/aromatic N) is 1. The van der Waals surface area contributed by atoms with E-state index in [0.717, 1.165) is 41.3 Å². The second kappa shape index (κ2) is 9.19. The van der Waals surface area contributed by atoms with Crippen LogP contribution in [0.1, 0.15) is 35.8 Å². The van der Waals surface area contributed by atoms with Gasteiger partial charge in [-0.3, -0.25) is 4.79 Å². The molecule has 1 aliphatic rings. The van der Waals surface area contributed by atoms with Crippen molar-refractivity contribution in [1.82, 2.24) is 4.90 Å². The van der Waals surface area contributed by atoms with Crippen LogP contribution in [0.2, 0.25) is 0 Å². The van der Waals surface area contributed by atoms with E-state index >= 15 is 0 Å². The maximum Gasteiger partial charge on any atom is 0.231 e. The summed E-state index contributed by atoms with van der Waals surface area (Å²) in [5, 5.41) is 0.0274. The van der Waals surface area contributed by atoms with E-state index in [1.807, 2.05) is 77.3 Å². The van der Waals surface area contributed by atoms with E-state index in [4.69, 9.17) is 4.74 Å². The van der Waals surface area contributed by atoms with Gasteiger partial charge < -0.3 is 9.64 Å². The lowest BCUT2D eigenvalue weighted by molar-refractivity contribution is -0.133. The number of hydrogen-bond acceptors (Lipinski definition) is 3. The molecule has 2 atom stereocenters. The van der Waals surface area contributed by atoms with Gasteiger partial charge in [0, 0.05) is 12.3 Å². The van der Waals surface area contributed by atoms with E-state index in [9.17, 15) is 4.79 Å². The van der Waals surface area contributed by atoms with Gasteiger partial charge in [0.1, 0.15) is 16.9 Å². The highest BCUT2D eigenvalue weighted by Crippen LogP contribution is 2.41. The quantitative estimate of drug-likeness (QED) is 0.487. The fraction of sp³-hybridized carbons (Fsp3) is 0.240. The van der Waals surface area contributed by atoms with Crippen LogP contribution in [0.3, 0.4) is 0 Å². The molecule has 0 unspecified atom stereocenters.